The van der Waals surface area contributed by atoms with Crippen LogP contribution >= 0.6 is 11.6 Å². The molecule has 0 unspecified atom stereocenters. The number of benzene rings is 2. The van der Waals surface area contributed by atoms with Crippen molar-refractivity contribution in [2.45, 2.75) is 19.3 Å². The fourth-order valence-corrected chi connectivity index (χ4v) is 2.86. The lowest BCUT2D eigenvalue weighted by atomic mass is 10.1. The van der Waals surface area contributed by atoms with Gasteiger partial charge in [0.1, 0.15) is 5.82 Å². The first-order valence-electron chi connectivity index (χ1n) is 7.67. The summed E-state index contributed by atoms with van der Waals surface area (Å²) >= 11 is 5.80. The van der Waals surface area contributed by atoms with Gasteiger partial charge in [-0.1, -0.05) is 23.7 Å². The summed E-state index contributed by atoms with van der Waals surface area (Å²) in [4.78, 5) is 25.5. The van der Waals surface area contributed by atoms with Crippen LogP contribution in [0.4, 0.5) is 15.8 Å². The van der Waals surface area contributed by atoms with Crippen LogP contribution in [0.5, 0.6) is 0 Å². The number of carbonyl (C=O) groups excluding carboxylic acids is 2. The van der Waals surface area contributed by atoms with Crippen molar-refractivity contribution in [1.29, 1.82) is 0 Å². The van der Waals surface area contributed by atoms with Gasteiger partial charge in [-0.15, -0.1) is 0 Å². The molecule has 0 bridgehead atoms. The van der Waals surface area contributed by atoms with Gasteiger partial charge in [-0.25, -0.2) is 4.39 Å². The second-order valence-corrected chi connectivity index (χ2v) is 6.10. The molecule has 2 aromatic carbocycles. The molecule has 124 valence electrons. The predicted molar refractivity (Wildman–Crippen MR) is 91.8 cm³/mol. The number of hydrogen-bond acceptors (Lipinski definition) is 2. The maximum atomic E-state index is 13.6. The first-order chi connectivity index (χ1) is 11.5. The molecule has 1 N–H and O–H groups in total. The van der Waals surface area contributed by atoms with Crippen molar-refractivity contribution in [3.8, 4) is 0 Å². The van der Waals surface area contributed by atoms with Crippen molar-refractivity contribution in [3.63, 3.8) is 0 Å². The Hall–Kier alpha value is -2.40. The molecule has 1 fully saturated rings. The number of rotatable bonds is 4. The standard InChI is InChI=1S/C18H16ClFN2O2/c19-13-5-8-15(20)16(11-13)21-17(23)10-12-3-6-14(7-4-12)22-9-1-2-18(22)24/h3-8,11H,1-2,9-10H2,(H,21,23). The minimum absolute atomic E-state index is 0.0618. The third kappa shape index (κ3) is 3.74. The summed E-state index contributed by atoms with van der Waals surface area (Å²) in [5.41, 5.74) is 1.68. The van der Waals surface area contributed by atoms with E-state index in [0.717, 1.165) is 24.2 Å². The number of carbonyl (C=O) groups is 2. The van der Waals surface area contributed by atoms with Gasteiger partial charge in [0.05, 0.1) is 12.1 Å². The molecule has 0 atom stereocenters. The van der Waals surface area contributed by atoms with Crippen LogP contribution in [-0.2, 0) is 16.0 Å². The molecule has 4 nitrogen and oxygen atoms in total. The largest absolute Gasteiger partial charge is 0.323 e. The number of halogens is 2. The minimum Gasteiger partial charge on any atom is -0.323 e. The zero-order valence-electron chi connectivity index (χ0n) is 12.9. The topological polar surface area (TPSA) is 49.4 Å². The minimum atomic E-state index is -0.532. The summed E-state index contributed by atoms with van der Waals surface area (Å²) in [5, 5.41) is 2.87. The molecule has 24 heavy (non-hydrogen) atoms. The lowest BCUT2D eigenvalue weighted by Gasteiger charge is -2.15. The molecule has 1 saturated heterocycles. The van der Waals surface area contributed by atoms with Gasteiger partial charge >= 0.3 is 0 Å². The molecule has 2 aromatic rings. The highest BCUT2D eigenvalue weighted by Crippen LogP contribution is 2.22. The van der Waals surface area contributed by atoms with E-state index in [1.54, 1.807) is 17.0 Å². The highest BCUT2D eigenvalue weighted by Gasteiger charge is 2.21. The summed E-state index contributed by atoms with van der Waals surface area (Å²) < 4.78 is 13.6. The molecule has 3 rings (SSSR count). The van der Waals surface area contributed by atoms with E-state index in [0.29, 0.717) is 11.4 Å². The molecule has 0 spiro atoms. The average Bonchev–Trinajstić information content (AvgIpc) is 2.98. The zero-order chi connectivity index (χ0) is 17.1. The average molecular weight is 347 g/mol. The SMILES string of the molecule is O=C(Cc1ccc(N2CCCC2=O)cc1)Nc1cc(Cl)ccc1F. The van der Waals surface area contributed by atoms with E-state index in [1.165, 1.54) is 18.2 Å². The summed E-state index contributed by atoms with van der Waals surface area (Å²) in [7, 11) is 0. The zero-order valence-corrected chi connectivity index (χ0v) is 13.6. The summed E-state index contributed by atoms with van der Waals surface area (Å²) in [5.74, 6) is -0.742. The number of anilines is 2. The molecule has 0 aliphatic carbocycles. The maximum absolute atomic E-state index is 13.6. The Morgan fingerprint density at radius 1 is 1.21 bits per heavy atom. The Morgan fingerprint density at radius 3 is 2.62 bits per heavy atom. The third-order valence-corrected chi connectivity index (χ3v) is 4.12. The number of hydrogen-bond donors (Lipinski definition) is 1. The fraction of sp³-hybridized carbons (Fsp3) is 0.222. The fourth-order valence-electron chi connectivity index (χ4n) is 2.69. The first-order valence-corrected chi connectivity index (χ1v) is 8.05. The molecule has 2 amide bonds. The first kappa shape index (κ1) is 16.5. The van der Waals surface area contributed by atoms with Gasteiger partial charge in [0.15, 0.2) is 0 Å². The van der Waals surface area contributed by atoms with E-state index in [-0.39, 0.29) is 23.9 Å². The van der Waals surface area contributed by atoms with Crippen LogP contribution in [0.15, 0.2) is 42.5 Å². The monoisotopic (exact) mass is 346 g/mol. The highest BCUT2D eigenvalue weighted by atomic mass is 35.5. The van der Waals surface area contributed by atoms with Gasteiger partial charge in [0.25, 0.3) is 0 Å². The van der Waals surface area contributed by atoms with Crippen LogP contribution in [-0.4, -0.2) is 18.4 Å². The summed E-state index contributed by atoms with van der Waals surface area (Å²) in [6.45, 7) is 0.729. The van der Waals surface area contributed by atoms with Crippen LogP contribution in [0.25, 0.3) is 0 Å². The third-order valence-electron chi connectivity index (χ3n) is 3.89. The van der Waals surface area contributed by atoms with Crippen molar-refractivity contribution in [2.24, 2.45) is 0 Å². The van der Waals surface area contributed by atoms with E-state index >= 15 is 0 Å². The lowest BCUT2D eigenvalue weighted by Crippen LogP contribution is -2.23. The number of amides is 2. The van der Waals surface area contributed by atoms with Crippen molar-refractivity contribution >= 4 is 34.8 Å². The van der Waals surface area contributed by atoms with Gasteiger partial charge in [0.2, 0.25) is 11.8 Å². The van der Waals surface area contributed by atoms with E-state index in [1.807, 2.05) is 12.1 Å². The molecular formula is C18H16ClFN2O2. The smallest absolute Gasteiger partial charge is 0.228 e. The lowest BCUT2D eigenvalue weighted by molar-refractivity contribution is -0.117. The highest BCUT2D eigenvalue weighted by molar-refractivity contribution is 6.30. The molecular weight excluding hydrogens is 331 g/mol. The molecule has 0 radical (unpaired) electrons. The van der Waals surface area contributed by atoms with Crippen molar-refractivity contribution in [2.75, 3.05) is 16.8 Å². The van der Waals surface area contributed by atoms with Gasteiger partial charge in [-0.2, -0.15) is 0 Å². The summed E-state index contributed by atoms with van der Waals surface area (Å²) in [6, 6.07) is 11.3. The van der Waals surface area contributed by atoms with Crippen LogP contribution in [0.3, 0.4) is 0 Å². The Kier molecular flexibility index (Phi) is 4.81. The van der Waals surface area contributed by atoms with Gasteiger partial charge in [0, 0.05) is 23.7 Å². The predicted octanol–water partition coefficient (Wildman–Crippen LogP) is 3.79. The van der Waals surface area contributed by atoms with E-state index < -0.39 is 5.82 Å². The van der Waals surface area contributed by atoms with Crippen LogP contribution in [0, 0.1) is 5.82 Å². The Balaban J connectivity index is 1.64. The molecule has 1 aliphatic rings. The number of nitrogens with one attached hydrogen (secondary N) is 1. The molecule has 0 aromatic heterocycles. The molecule has 0 saturated carbocycles. The quantitative estimate of drug-likeness (QED) is 0.915. The Morgan fingerprint density at radius 2 is 1.96 bits per heavy atom. The Labute approximate surface area is 144 Å². The van der Waals surface area contributed by atoms with Gasteiger partial charge in [-0.3, -0.25) is 9.59 Å². The van der Waals surface area contributed by atoms with Crippen molar-refractivity contribution in [1.82, 2.24) is 0 Å². The molecule has 6 heteroatoms. The Bertz CT molecular complexity index is 777. The maximum Gasteiger partial charge on any atom is 0.228 e. The van der Waals surface area contributed by atoms with E-state index in [2.05, 4.69) is 5.32 Å². The van der Waals surface area contributed by atoms with Gasteiger partial charge in [-0.05, 0) is 42.3 Å². The second kappa shape index (κ2) is 7.01. The van der Waals surface area contributed by atoms with E-state index in [4.69, 9.17) is 11.6 Å². The van der Waals surface area contributed by atoms with Crippen LogP contribution in [0.1, 0.15) is 18.4 Å². The van der Waals surface area contributed by atoms with Crippen molar-refractivity contribution < 1.29 is 14.0 Å². The van der Waals surface area contributed by atoms with Crippen LogP contribution in [0.2, 0.25) is 5.02 Å². The van der Waals surface area contributed by atoms with Crippen molar-refractivity contribution in [3.05, 3.63) is 58.9 Å². The number of nitrogens with zero attached hydrogens (tertiary/aromatic N) is 1. The normalized spacial score (nSPS) is 14.1. The second-order valence-electron chi connectivity index (χ2n) is 5.66. The van der Waals surface area contributed by atoms with Gasteiger partial charge < -0.3 is 10.2 Å². The molecule has 1 heterocycles. The summed E-state index contributed by atoms with van der Waals surface area (Å²) in [6.07, 6.45) is 1.56. The van der Waals surface area contributed by atoms with E-state index in [9.17, 15) is 14.0 Å². The van der Waals surface area contributed by atoms with Crippen LogP contribution < -0.4 is 10.2 Å². The molecule has 1 aliphatic heterocycles.